The molecule has 2 aromatic carbocycles. The number of imidazole rings is 1. The quantitative estimate of drug-likeness (QED) is 0.205. The van der Waals surface area contributed by atoms with E-state index in [2.05, 4.69) is 33.0 Å². The van der Waals surface area contributed by atoms with E-state index in [1.807, 2.05) is 57.2 Å². The van der Waals surface area contributed by atoms with Crippen LogP contribution in [0.5, 0.6) is 5.75 Å². The molecule has 0 radical (unpaired) electrons. The minimum absolute atomic E-state index is 0.115. The number of halogens is 1. The third kappa shape index (κ3) is 6.77. The maximum Gasteiger partial charge on any atom is 0.338 e. The Kier molecular flexibility index (Phi) is 8.48. The monoisotopic (exact) mass is 641 g/mol. The number of hydrogen-bond donors (Lipinski definition) is 1. The molecule has 1 N–H and O–H groups in total. The van der Waals surface area contributed by atoms with Crippen LogP contribution in [0.3, 0.4) is 0 Å². The van der Waals surface area contributed by atoms with Crippen LogP contribution in [0.4, 0.5) is 5.82 Å². The van der Waals surface area contributed by atoms with E-state index in [1.54, 1.807) is 6.07 Å². The van der Waals surface area contributed by atoms with E-state index >= 15 is 0 Å². The highest BCUT2D eigenvalue weighted by atomic mass is 35.5. The van der Waals surface area contributed by atoms with E-state index in [0.717, 1.165) is 78.6 Å². The number of carbonyl (C=O) groups is 1. The normalized spacial score (nSPS) is 20.0. The molecule has 2 atom stereocenters. The summed E-state index contributed by atoms with van der Waals surface area (Å²) in [6, 6.07) is 17.7. The van der Waals surface area contributed by atoms with Gasteiger partial charge in [0.15, 0.2) is 0 Å². The fourth-order valence-electron chi connectivity index (χ4n) is 6.27. The highest BCUT2D eigenvalue weighted by Gasteiger charge is 2.26. The van der Waals surface area contributed by atoms with E-state index in [1.165, 1.54) is 5.57 Å². The van der Waals surface area contributed by atoms with Crippen molar-refractivity contribution in [2.24, 2.45) is 0 Å². The molecule has 1 fully saturated rings. The maximum absolute atomic E-state index is 12.8. The van der Waals surface area contributed by atoms with Gasteiger partial charge in [-0.3, -0.25) is 4.90 Å². The fourth-order valence-corrected chi connectivity index (χ4v) is 6.43. The van der Waals surface area contributed by atoms with E-state index in [9.17, 15) is 4.79 Å². The molecule has 0 spiro atoms. The summed E-state index contributed by atoms with van der Waals surface area (Å²) in [6.45, 7) is 10.2. The molecular formula is C36H40ClN5O4. The van der Waals surface area contributed by atoms with Crippen molar-refractivity contribution < 1.29 is 19.0 Å². The first-order valence-corrected chi connectivity index (χ1v) is 16.5. The Morgan fingerprint density at radius 2 is 1.96 bits per heavy atom. The lowest BCUT2D eigenvalue weighted by atomic mass is 10.0. The van der Waals surface area contributed by atoms with Gasteiger partial charge in [-0.1, -0.05) is 29.8 Å². The van der Waals surface area contributed by atoms with Gasteiger partial charge in [-0.2, -0.15) is 0 Å². The molecule has 240 valence electrons. The Balaban J connectivity index is 1.06. The molecule has 3 aliphatic rings. The van der Waals surface area contributed by atoms with Crippen molar-refractivity contribution >= 4 is 40.0 Å². The number of esters is 1. The van der Waals surface area contributed by atoms with Crippen molar-refractivity contribution in [3.8, 4) is 5.75 Å². The number of nitrogens with zero attached hydrogens (tertiary/aromatic N) is 4. The van der Waals surface area contributed by atoms with Crippen LogP contribution in [-0.4, -0.2) is 63.4 Å². The molecule has 0 aliphatic carbocycles. The number of ether oxygens (including phenoxy) is 3. The van der Waals surface area contributed by atoms with Gasteiger partial charge in [-0.25, -0.2) is 14.8 Å². The summed E-state index contributed by atoms with van der Waals surface area (Å²) in [4.78, 5) is 25.3. The Morgan fingerprint density at radius 3 is 2.72 bits per heavy atom. The predicted octanol–water partition coefficient (Wildman–Crippen LogP) is 7.05. The summed E-state index contributed by atoms with van der Waals surface area (Å²) in [5.41, 5.74) is 5.13. The molecule has 9 nitrogen and oxygen atoms in total. The molecule has 0 bridgehead atoms. The van der Waals surface area contributed by atoms with Crippen LogP contribution in [0.1, 0.15) is 73.5 Å². The number of pyridine rings is 1. The molecule has 4 aromatic rings. The molecule has 1 unspecified atom stereocenters. The van der Waals surface area contributed by atoms with Gasteiger partial charge in [-0.15, -0.1) is 0 Å². The zero-order valence-electron chi connectivity index (χ0n) is 26.6. The van der Waals surface area contributed by atoms with Crippen LogP contribution in [-0.2, 0) is 22.6 Å². The fraction of sp³-hybridized carbons (Fsp3) is 0.417. The lowest BCUT2D eigenvalue weighted by molar-refractivity contribution is -0.0591. The molecular weight excluding hydrogens is 602 g/mol. The van der Waals surface area contributed by atoms with E-state index in [0.29, 0.717) is 30.3 Å². The summed E-state index contributed by atoms with van der Waals surface area (Å²) >= 11 is 6.19. The van der Waals surface area contributed by atoms with Crippen molar-refractivity contribution in [2.45, 2.75) is 70.9 Å². The van der Waals surface area contributed by atoms with Gasteiger partial charge in [-0.05, 0) is 81.7 Å². The van der Waals surface area contributed by atoms with Gasteiger partial charge in [0.05, 0.1) is 54.1 Å². The Morgan fingerprint density at radius 1 is 1.09 bits per heavy atom. The summed E-state index contributed by atoms with van der Waals surface area (Å²) in [5.74, 6) is 2.34. The predicted molar refractivity (Wildman–Crippen MR) is 179 cm³/mol. The van der Waals surface area contributed by atoms with Crippen LogP contribution in [0.25, 0.3) is 16.6 Å². The largest absolute Gasteiger partial charge is 0.493 e. The second kappa shape index (κ2) is 12.7. The molecule has 0 amide bonds. The van der Waals surface area contributed by atoms with Crippen LogP contribution in [0.15, 0.2) is 60.7 Å². The zero-order chi connectivity index (χ0) is 31.8. The molecule has 5 heterocycles. The molecule has 0 saturated carbocycles. The Bertz CT molecular complexity index is 1790. The van der Waals surface area contributed by atoms with Crippen LogP contribution in [0, 0.1) is 0 Å². The topological polar surface area (TPSA) is 90.7 Å². The van der Waals surface area contributed by atoms with Crippen LogP contribution >= 0.6 is 11.6 Å². The van der Waals surface area contributed by atoms with Gasteiger partial charge in [0.25, 0.3) is 0 Å². The first kappa shape index (κ1) is 30.7. The van der Waals surface area contributed by atoms with Gasteiger partial charge < -0.3 is 24.1 Å². The molecule has 7 rings (SSSR count). The average Bonchev–Trinajstić information content (AvgIpc) is 3.34. The van der Waals surface area contributed by atoms with E-state index in [4.69, 9.17) is 35.8 Å². The van der Waals surface area contributed by atoms with Crippen molar-refractivity contribution in [1.82, 2.24) is 19.4 Å². The minimum Gasteiger partial charge on any atom is -0.493 e. The molecule has 10 heteroatoms. The van der Waals surface area contributed by atoms with E-state index < -0.39 is 5.60 Å². The summed E-state index contributed by atoms with van der Waals surface area (Å²) in [6.07, 6.45) is 5.22. The molecule has 3 aliphatic heterocycles. The highest BCUT2D eigenvalue weighted by Crippen LogP contribution is 2.36. The third-order valence-corrected chi connectivity index (χ3v) is 8.95. The Labute approximate surface area is 274 Å². The van der Waals surface area contributed by atoms with Crippen molar-refractivity contribution in [3.63, 3.8) is 0 Å². The molecule has 1 saturated heterocycles. The second-order valence-corrected chi connectivity index (χ2v) is 13.7. The minimum atomic E-state index is -0.558. The summed E-state index contributed by atoms with van der Waals surface area (Å²) < 4.78 is 19.5. The molecule has 2 aromatic heterocycles. The van der Waals surface area contributed by atoms with Crippen molar-refractivity contribution in [3.05, 3.63) is 88.3 Å². The third-order valence-electron chi connectivity index (χ3n) is 8.72. The smallest absolute Gasteiger partial charge is 0.338 e. The number of aromatic nitrogens is 3. The number of carbonyl (C=O) groups excluding carboxylic acids is 1. The van der Waals surface area contributed by atoms with Crippen molar-refractivity contribution in [1.29, 1.82) is 0 Å². The zero-order valence-corrected chi connectivity index (χ0v) is 27.3. The number of nitrogens with one attached hydrogen (secondary N) is 1. The standard InChI is InChI=1S/C36H40ClN5O4/c1-36(2,3)46-35(43)24-7-10-30-31(19-24)42(21-26-13-17-44-26)34(40-30)22-41-15-11-23(12-16-41)28-5-4-6-33(38-28)39-29-14-18-45-32-20-25(37)8-9-27(29)32/h4-11,19-20,26,29H,12-18,21-22H2,1-3H3,(H,38,39)/t26-,29?/m0/s1. The average molecular weight is 642 g/mol. The first-order chi connectivity index (χ1) is 22.2. The lowest BCUT2D eigenvalue weighted by Gasteiger charge is -2.29. The number of benzene rings is 2. The Hall–Kier alpha value is -3.92. The summed E-state index contributed by atoms with van der Waals surface area (Å²) in [5, 5.41) is 4.30. The number of fused-ring (bicyclic) bond motifs is 2. The second-order valence-electron chi connectivity index (χ2n) is 13.3. The van der Waals surface area contributed by atoms with Gasteiger partial charge in [0.1, 0.15) is 23.0 Å². The van der Waals surface area contributed by atoms with E-state index in [-0.39, 0.29) is 18.1 Å². The van der Waals surface area contributed by atoms with Gasteiger partial charge >= 0.3 is 5.97 Å². The SMILES string of the molecule is CC(C)(C)OC(=O)c1ccc2nc(CN3CC=C(c4cccc(NC5CCOc6cc(Cl)ccc65)n4)CC3)n(C[C@@H]3CCO3)c2c1. The van der Waals surface area contributed by atoms with Gasteiger partial charge in [0.2, 0.25) is 0 Å². The van der Waals surface area contributed by atoms with Crippen LogP contribution < -0.4 is 10.1 Å². The maximum atomic E-state index is 12.8. The lowest BCUT2D eigenvalue weighted by Crippen LogP contribution is -2.33. The number of anilines is 1. The van der Waals surface area contributed by atoms with Gasteiger partial charge in [0, 0.05) is 36.7 Å². The summed E-state index contributed by atoms with van der Waals surface area (Å²) in [7, 11) is 0. The number of hydrogen-bond acceptors (Lipinski definition) is 8. The highest BCUT2D eigenvalue weighted by molar-refractivity contribution is 6.30. The van der Waals surface area contributed by atoms with Crippen LogP contribution in [0.2, 0.25) is 5.02 Å². The number of rotatable bonds is 8. The van der Waals surface area contributed by atoms with Crippen molar-refractivity contribution in [2.75, 3.05) is 31.6 Å². The molecule has 46 heavy (non-hydrogen) atoms. The first-order valence-electron chi connectivity index (χ1n) is 16.1.